The van der Waals surface area contributed by atoms with E-state index in [1.54, 1.807) is 24.8 Å². The van der Waals surface area contributed by atoms with Gasteiger partial charge in [-0.2, -0.15) is 5.10 Å². The third-order valence-corrected chi connectivity index (χ3v) is 4.53. The molecule has 158 valence electrons. The summed E-state index contributed by atoms with van der Waals surface area (Å²) in [7, 11) is 0. The zero-order chi connectivity index (χ0) is 22.2. The van der Waals surface area contributed by atoms with Crippen molar-refractivity contribution in [2.45, 2.75) is 6.92 Å². The number of nitrogens with one attached hydrogen (secondary N) is 3. The van der Waals surface area contributed by atoms with Crippen LogP contribution in [0.5, 0.6) is 0 Å². The quantitative estimate of drug-likeness (QED) is 0.307. The summed E-state index contributed by atoms with van der Waals surface area (Å²) in [5.74, 6) is 0.448. The number of carbonyl (C=O) groups excluding carboxylic acids is 1. The fraction of sp³-hybridized carbons (Fsp3) is 0.0417. The van der Waals surface area contributed by atoms with Crippen molar-refractivity contribution < 1.29 is 4.79 Å². The number of nitrogens with zero attached hydrogens (tertiary/aromatic N) is 4. The first-order chi connectivity index (χ1) is 15.7. The lowest BCUT2D eigenvalue weighted by molar-refractivity contribution is 0.252. The zero-order valence-corrected chi connectivity index (χ0v) is 17.4. The molecule has 3 N–H and O–H groups in total. The topological polar surface area (TPSA) is 104 Å². The first kappa shape index (κ1) is 20.7. The van der Waals surface area contributed by atoms with E-state index in [-0.39, 0.29) is 0 Å². The first-order valence-corrected chi connectivity index (χ1v) is 9.93. The van der Waals surface area contributed by atoms with Crippen molar-refractivity contribution in [3.8, 4) is 11.3 Å². The van der Waals surface area contributed by atoms with E-state index in [9.17, 15) is 4.79 Å². The summed E-state index contributed by atoms with van der Waals surface area (Å²) in [5.41, 5.74) is 7.37. The van der Waals surface area contributed by atoms with Gasteiger partial charge in [-0.3, -0.25) is 4.98 Å². The monoisotopic (exact) mass is 423 g/mol. The number of hydrogen-bond acceptors (Lipinski definition) is 6. The Kier molecular flexibility index (Phi) is 6.42. The number of aryl methyl sites for hydroxylation is 1. The van der Waals surface area contributed by atoms with E-state index in [0.717, 1.165) is 28.1 Å². The van der Waals surface area contributed by atoms with Crippen molar-refractivity contribution in [1.82, 2.24) is 20.4 Å². The second kappa shape index (κ2) is 9.94. The summed E-state index contributed by atoms with van der Waals surface area (Å²) in [6, 6.07) is 20.2. The van der Waals surface area contributed by atoms with Crippen LogP contribution in [0.25, 0.3) is 11.3 Å². The second-order valence-electron chi connectivity index (χ2n) is 6.90. The van der Waals surface area contributed by atoms with Crippen molar-refractivity contribution in [3.05, 3.63) is 96.4 Å². The number of amides is 2. The number of benzene rings is 2. The molecule has 0 radical (unpaired) electrons. The SMILES string of the molecule is Cc1ccc(NC(=O)N/N=C/c2ccccc2)cc1Nc1nccc(-c2cccnc2)n1. The highest BCUT2D eigenvalue weighted by molar-refractivity contribution is 5.91. The summed E-state index contributed by atoms with van der Waals surface area (Å²) < 4.78 is 0. The molecule has 0 unspecified atom stereocenters. The van der Waals surface area contributed by atoms with Gasteiger partial charge in [-0.15, -0.1) is 0 Å². The molecule has 2 aromatic carbocycles. The minimum absolute atomic E-state index is 0.443. The summed E-state index contributed by atoms with van der Waals surface area (Å²) in [4.78, 5) is 25.2. The molecule has 0 aliphatic rings. The average molecular weight is 423 g/mol. The molecule has 0 aliphatic heterocycles. The Morgan fingerprint density at radius 1 is 1.00 bits per heavy atom. The van der Waals surface area contributed by atoms with Gasteiger partial charge in [-0.05, 0) is 48.4 Å². The number of aromatic nitrogens is 3. The fourth-order valence-electron chi connectivity index (χ4n) is 2.91. The molecule has 32 heavy (non-hydrogen) atoms. The van der Waals surface area contributed by atoms with E-state index in [1.165, 1.54) is 0 Å². The molecule has 4 aromatic rings. The Hall–Kier alpha value is -4.59. The lowest BCUT2D eigenvalue weighted by Crippen LogP contribution is -2.24. The van der Waals surface area contributed by atoms with Crippen LogP contribution in [-0.2, 0) is 0 Å². The second-order valence-corrected chi connectivity index (χ2v) is 6.90. The molecular formula is C24H21N7O. The van der Waals surface area contributed by atoms with Crippen LogP contribution in [0, 0.1) is 6.92 Å². The average Bonchev–Trinajstić information content (AvgIpc) is 2.83. The van der Waals surface area contributed by atoms with Crippen molar-refractivity contribution in [1.29, 1.82) is 0 Å². The summed E-state index contributed by atoms with van der Waals surface area (Å²) in [6.07, 6.45) is 6.73. The molecule has 0 spiro atoms. The minimum atomic E-state index is -0.443. The van der Waals surface area contributed by atoms with E-state index in [2.05, 4.69) is 36.1 Å². The molecular weight excluding hydrogens is 402 g/mol. The molecule has 0 saturated carbocycles. The lowest BCUT2D eigenvalue weighted by Gasteiger charge is -2.12. The summed E-state index contributed by atoms with van der Waals surface area (Å²) in [5, 5.41) is 9.94. The van der Waals surface area contributed by atoms with Gasteiger partial charge in [-0.1, -0.05) is 36.4 Å². The predicted molar refractivity (Wildman–Crippen MR) is 126 cm³/mol. The van der Waals surface area contributed by atoms with Gasteiger partial charge < -0.3 is 10.6 Å². The highest BCUT2D eigenvalue weighted by atomic mass is 16.2. The molecule has 0 atom stereocenters. The largest absolute Gasteiger partial charge is 0.339 e. The van der Waals surface area contributed by atoms with Gasteiger partial charge in [-0.25, -0.2) is 20.2 Å². The van der Waals surface area contributed by atoms with Crippen molar-refractivity contribution in [2.75, 3.05) is 10.6 Å². The predicted octanol–water partition coefficient (Wildman–Crippen LogP) is 4.75. The normalized spacial score (nSPS) is 10.7. The van der Waals surface area contributed by atoms with Gasteiger partial charge in [0.05, 0.1) is 11.9 Å². The number of hydrazone groups is 1. The van der Waals surface area contributed by atoms with E-state index < -0.39 is 6.03 Å². The Balaban J connectivity index is 1.43. The van der Waals surface area contributed by atoms with E-state index >= 15 is 0 Å². The molecule has 0 aliphatic carbocycles. The van der Waals surface area contributed by atoms with Gasteiger partial charge in [0, 0.05) is 35.5 Å². The van der Waals surface area contributed by atoms with E-state index in [4.69, 9.17) is 0 Å². The highest BCUT2D eigenvalue weighted by Gasteiger charge is 2.07. The molecule has 0 bridgehead atoms. The standard InChI is InChI=1S/C24H21N7O/c1-17-9-10-20(28-24(32)31-27-15-18-6-3-2-4-7-18)14-22(17)30-23-26-13-11-21(29-23)19-8-5-12-25-16-19/h2-16H,1H3,(H,26,29,30)(H2,28,31,32)/b27-15+. The number of hydrogen-bond donors (Lipinski definition) is 3. The van der Waals surface area contributed by atoms with Gasteiger partial charge in [0.25, 0.3) is 0 Å². The van der Waals surface area contributed by atoms with Gasteiger partial charge in [0.1, 0.15) is 0 Å². The molecule has 4 rings (SSSR count). The van der Waals surface area contributed by atoms with Gasteiger partial charge >= 0.3 is 6.03 Å². The molecule has 8 nitrogen and oxygen atoms in total. The lowest BCUT2D eigenvalue weighted by atomic mass is 10.2. The van der Waals surface area contributed by atoms with Gasteiger partial charge in [0.15, 0.2) is 0 Å². The van der Waals surface area contributed by atoms with E-state index in [0.29, 0.717) is 11.6 Å². The maximum Gasteiger partial charge on any atom is 0.339 e. The Labute approximate surface area is 185 Å². The molecule has 2 aromatic heterocycles. The number of carbonyl (C=O) groups is 1. The van der Waals surface area contributed by atoms with Crippen LogP contribution in [0.15, 0.2) is 90.4 Å². The number of rotatable bonds is 6. The van der Waals surface area contributed by atoms with Crippen molar-refractivity contribution in [2.24, 2.45) is 5.10 Å². The highest BCUT2D eigenvalue weighted by Crippen LogP contribution is 2.24. The molecule has 8 heteroatoms. The number of urea groups is 1. The van der Waals surface area contributed by atoms with Crippen LogP contribution < -0.4 is 16.1 Å². The van der Waals surface area contributed by atoms with Crippen LogP contribution in [0.4, 0.5) is 22.1 Å². The van der Waals surface area contributed by atoms with Crippen LogP contribution >= 0.6 is 0 Å². The van der Waals surface area contributed by atoms with Crippen LogP contribution in [0.3, 0.4) is 0 Å². The number of pyridine rings is 1. The Morgan fingerprint density at radius 2 is 1.88 bits per heavy atom. The third-order valence-electron chi connectivity index (χ3n) is 4.53. The van der Waals surface area contributed by atoms with Gasteiger partial charge in [0.2, 0.25) is 5.95 Å². The van der Waals surface area contributed by atoms with Crippen LogP contribution in [-0.4, -0.2) is 27.2 Å². The fourth-order valence-corrected chi connectivity index (χ4v) is 2.91. The summed E-state index contributed by atoms with van der Waals surface area (Å²) >= 11 is 0. The van der Waals surface area contributed by atoms with Crippen molar-refractivity contribution in [3.63, 3.8) is 0 Å². The van der Waals surface area contributed by atoms with Crippen LogP contribution in [0.2, 0.25) is 0 Å². The molecule has 0 saturated heterocycles. The van der Waals surface area contributed by atoms with E-state index in [1.807, 2.05) is 73.7 Å². The Morgan fingerprint density at radius 3 is 2.69 bits per heavy atom. The molecule has 0 fully saturated rings. The molecule has 2 heterocycles. The zero-order valence-electron chi connectivity index (χ0n) is 17.4. The Bertz CT molecular complexity index is 1230. The first-order valence-electron chi connectivity index (χ1n) is 9.93. The maximum absolute atomic E-state index is 12.2. The maximum atomic E-state index is 12.2. The molecule has 2 amide bonds. The van der Waals surface area contributed by atoms with Crippen LogP contribution in [0.1, 0.15) is 11.1 Å². The third kappa shape index (κ3) is 5.51. The number of anilines is 3. The smallest absolute Gasteiger partial charge is 0.324 e. The van der Waals surface area contributed by atoms with Crippen molar-refractivity contribution >= 4 is 29.6 Å². The summed E-state index contributed by atoms with van der Waals surface area (Å²) in [6.45, 7) is 1.96. The minimum Gasteiger partial charge on any atom is -0.324 e.